The molecule has 0 aromatic heterocycles. The molecule has 0 aliphatic carbocycles. The van der Waals surface area contributed by atoms with Crippen LogP contribution in [0.3, 0.4) is 0 Å². The van der Waals surface area contributed by atoms with Crippen LogP contribution < -0.4 is 142 Å². The molecule has 0 fully saturated rings. The van der Waals surface area contributed by atoms with E-state index in [2.05, 4.69) is 0 Å². The Kier molecular flexibility index (Phi) is 40.4. The maximum atomic E-state index is 8.60. The third-order valence-electron chi connectivity index (χ3n) is 0. The number of halogens is 2. The monoisotopic (exact) mass is 356 g/mol. The molecule has 0 radical (unpaired) electrons. The molecule has 0 atom stereocenters. The summed E-state index contributed by atoms with van der Waals surface area (Å²) < 4.78 is 66.7. The van der Waals surface area contributed by atoms with Gasteiger partial charge >= 0.3 is 103 Å². The first kappa shape index (κ1) is 36.7. The second-order valence-corrected chi connectivity index (χ2v) is 2.55. The van der Waals surface area contributed by atoms with E-state index in [1.54, 1.807) is 0 Å². The van der Waals surface area contributed by atoms with Gasteiger partial charge < -0.3 is 21.5 Å². The average Bonchev–Trinajstić information content (AvgIpc) is 1.45. The molecule has 0 aliphatic rings. The Balaban J connectivity index is -0.0000000247. The molecule has 0 saturated heterocycles. The first-order chi connectivity index (χ1) is 5.73. The summed E-state index contributed by atoms with van der Waals surface area (Å²) in [6.45, 7) is 0. The average molecular weight is 357 g/mol. The van der Waals surface area contributed by atoms with Crippen molar-refractivity contribution in [2.75, 3.05) is 0 Å². The standard InChI is InChI=1S/2ClHO4.2K.NO3.H3N/c2*2-1(3,4)5;;;2-1(3)4;/h2*(H,2,3,4,5);;;;1H3/q;;2*+1;-1;/p-1. The Morgan fingerprint density at radius 2 is 0.824 bits per heavy atom. The van der Waals surface area contributed by atoms with E-state index in [0.29, 0.717) is 0 Å². The van der Waals surface area contributed by atoms with Crippen LogP contribution in [0.2, 0.25) is 0 Å². The fraction of sp³-hybridized carbons (Fsp3) is 0. The van der Waals surface area contributed by atoms with Crippen LogP contribution in [0.5, 0.6) is 0 Å². The quantitative estimate of drug-likeness (QED) is 0.232. The predicted octanol–water partition coefficient (Wildman–Crippen LogP) is -14.9. The second-order valence-electron chi connectivity index (χ2n) is 0.998. The van der Waals surface area contributed by atoms with Crippen LogP contribution in [0, 0.1) is 35.8 Å². The van der Waals surface area contributed by atoms with E-state index >= 15 is 0 Å². The summed E-state index contributed by atoms with van der Waals surface area (Å²) in [6.07, 6.45) is 0. The summed E-state index contributed by atoms with van der Waals surface area (Å²) in [6, 6.07) is 0. The SMILES string of the molecule is N.O=[N+]([O-])[O-].[K+].[K+].[O-][Cl+3]([O-])([O-])O.[O-][Cl+3]([O-])([O-])[O-]. The summed E-state index contributed by atoms with van der Waals surface area (Å²) in [4.78, 5) is 8.25. The van der Waals surface area contributed by atoms with E-state index < -0.39 is 25.6 Å². The molecule has 0 heterocycles. The van der Waals surface area contributed by atoms with E-state index in [1.807, 2.05) is 0 Å². The molecule has 4 N–H and O–H groups in total. The van der Waals surface area contributed by atoms with Crippen LogP contribution in [0.15, 0.2) is 0 Å². The summed E-state index contributed by atoms with van der Waals surface area (Å²) in [5, 5.41) is 14.8. The van der Waals surface area contributed by atoms with Gasteiger partial charge in [0.05, 0.1) is 20.0 Å². The van der Waals surface area contributed by atoms with E-state index in [4.69, 9.17) is 52.6 Å². The molecule has 0 aromatic rings. The molecule has 0 bridgehead atoms. The summed E-state index contributed by atoms with van der Waals surface area (Å²) in [7, 11) is -9.64. The molecular weight excluding hydrogens is 353 g/mol. The van der Waals surface area contributed by atoms with Gasteiger partial charge in [0.15, 0.2) is 0 Å². The van der Waals surface area contributed by atoms with Gasteiger partial charge in [0.2, 0.25) is 0 Å². The van der Waals surface area contributed by atoms with Crippen LogP contribution in [-0.4, -0.2) is 9.75 Å². The normalized spacial score (nSPS) is 8.47. The van der Waals surface area contributed by atoms with Gasteiger partial charge in [-0.1, -0.05) is 0 Å². The molecule has 0 unspecified atom stereocenters. The molecule has 0 aliphatic heterocycles. The largest absolute Gasteiger partial charge is 1.00 e. The van der Waals surface area contributed by atoms with Crippen molar-refractivity contribution in [3.05, 3.63) is 15.3 Å². The van der Waals surface area contributed by atoms with E-state index in [-0.39, 0.29) is 109 Å². The Bertz CT molecular complexity index is 125. The van der Waals surface area contributed by atoms with Crippen molar-refractivity contribution in [2.45, 2.75) is 0 Å². The molecule has 0 spiro atoms. The summed E-state index contributed by atoms with van der Waals surface area (Å²) in [5.41, 5.74) is 0. The maximum Gasteiger partial charge on any atom is 1.00 e. The van der Waals surface area contributed by atoms with E-state index in [9.17, 15) is 0 Å². The molecular formula is H4Cl2K2N2O11. The number of hydrogen-bond donors (Lipinski definition) is 2. The minimum atomic E-state index is -4.94. The number of rotatable bonds is 0. The maximum absolute atomic E-state index is 8.60. The van der Waals surface area contributed by atoms with Crippen molar-refractivity contribution in [3.63, 3.8) is 0 Å². The van der Waals surface area contributed by atoms with Gasteiger partial charge in [0.25, 0.3) is 0 Å². The van der Waals surface area contributed by atoms with Gasteiger partial charge in [-0.3, -0.25) is 0 Å². The molecule has 17 heteroatoms. The zero-order valence-electron chi connectivity index (χ0n) is 8.44. The van der Waals surface area contributed by atoms with Gasteiger partial charge in [-0.05, 0) is 0 Å². The fourth-order valence-electron chi connectivity index (χ4n) is 0. The Morgan fingerprint density at radius 1 is 0.824 bits per heavy atom. The van der Waals surface area contributed by atoms with Crippen LogP contribution >= 0.6 is 0 Å². The van der Waals surface area contributed by atoms with Crippen molar-refractivity contribution in [1.29, 1.82) is 0 Å². The van der Waals surface area contributed by atoms with E-state index in [0.717, 1.165) is 0 Å². The molecule has 0 amide bonds. The number of hydrogen-bond acceptors (Lipinski definition) is 12. The van der Waals surface area contributed by atoms with Gasteiger partial charge in [-0.2, -0.15) is 14.0 Å². The molecule has 96 valence electrons. The van der Waals surface area contributed by atoms with Gasteiger partial charge in [-0.15, -0.1) is 10.2 Å². The van der Waals surface area contributed by atoms with Gasteiger partial charge in [0, 0.05) is 0 Å². The van der Waals surface area contributed by atoms with Crippen LogP contribution in [0.25, 0.3) is 0 Å². The Labute approximate surface area is 183 Å². The fourth-order valence-corrected chi connectivity index (χ4v) is 0. The third-order valence-corrected chi connectivity index (χ3v) is 0. The van der Waals surface area contributed by atoms with Crippen LogP contribution in [-0.2, 0) is 0 Å². The first-order valence-electron chi connectivity index (χ1n) is 1.80. The van der Waals surface area contributed by atoms with Crippen molar-refractivity contribution in [3.8, 4) is 0 Å². The molecule has 0 aromatic carbocycles. The minimum absolute atomic E-state index is 0. The van der Waals surface area contributed by atoms with Gasteiger partial charge in [-0.25, -0.2) is 18.6 Å². The van der Waals surface area contributed by atoms with Crippen LogP contribution in [0.1, 0.15) is 0 Å². The van der Waals surface area contributed by atoms with Crippen molar-refractivity contribution in [2.24, 2.45) is 0 Å². The summed E-state index contributed by atoms with van der Waals surface area (Å²) in [5.74, 6) is 0. The minimum Gasteiger partial charge on any atom is -0.356 e. The topological polar surface area (TPSA) is 283 Å². The second kappa shape index (κ2) is 18.7. The molecule has 13 nitrogen and oxygen atoms in total. The van der Waals surface area contributed by atoms with Crippen molar-refractivity contribution >= 4 is 0 Å². The third kappa shape index (κ3) is 718. The molecule has 17 heavy (non-hydrogen) atoms. The summed E-state index contributed by atoms with van der Waals surface area (Å²) >= 11 is 0. The zero-order valence-corrected chi connectivity index (χ0v) is 16.2. The Morgan fingerprint density at radius 3 is 0.824 bits per heavy atom. The smallest absolute Gasteiger partial charge is 0.356 e. The van der Waals surface area contributed by atoms with Crippen molar-refractivity contribution in [1.82, 2.24) is 6.15 Å². The Hall–Kier alpha value is 2.69. The zero-order chi connectivity index (χ0) is 12.6. The van der Waals surface area contributed by atoms with Crippen molar-refractivity contribution < 1.29 is 166 Å². The van der Waals surface area contributed by atoms with Gasteiger partial charge in [0.1, 0.15) is 0 Å². The number of nitrogens with zero attached hydrogens (tertiary/aromatic N) is 1. The molecule has 0 saturated carbocycles. The molecule has 0 rings (SSSR count). The first-order valence-corrected chi connectivity index (χ1v) is 4.30. The predicted molar refractivity (Wildman–Crippen MR) is 17.6 cm³/mol. The van der Waals surface area contributed by atoms with E-state index in [1.165, 1.54) is 0 Å². The van der Waals surface area contributed by atoms with Crippen LogP contribution in [0.4, 0.5) is 0 Å².